The van der Waals surface area contributed by atoms with E-state index in [-0.39, 0.29) is 5.38 Å². The van der Waals surface area contributed by atoms with Gasteiger partial charge in [0.05, 0.1) is 13.2 Å². The molecule has 2 nitrogen and oxygen atoms in total. The van der Waals surface area contributed by atoms with Gasteiger partial charge in [-0.15, -0.1) is 11.6 Å². The molecule has 1 atom stereocenters. The Bertz CT molecular complexity index is 386. The zero-order chi connectivity index (χ0) is 13.0. The predicted molar refractivity (Wildman–Crippen MR) is 74.7 cm³/mol. The predicted octanol–water partition coefficient (Wildman–Crippen LogP) is 4.26. The molecule has 100 valence electrons. The summed E-state index contributed by atoms with van der Waals surface area (Å²) in [6.07, 6.45) is 3.49. The lowest BCUT2D eigenvalue weighted by atomic mass is 9.99. The Morgan fingerprint density at radius 1 is 1.22 bits per heavy atom. The van der Waals surface area contributed by atoms with E-state index in [1.54, 1.807) is 0 Å². The second-order valence-corrected chi connectivity index (χ2v) is 5.61. The number of hydrogen-bond donors (Lipinski definition) is 0. The first-order chi connectivity index (χ1) is 8.68. The maximum atomic E-state index is 6.21. The highest BCUT2D eigenvalue weighted by Crippen LogP contribution is 2.53. The van der Waals surface area contributed by atoms with Crippen LogP contribution in [0.15, 0.2) is 24.3 Å². The molecule has 1 aliphatic rings. The number of halogens is 1. The van der Waals surface area contributed by atoms with E-state index < -0.39 is 0 Å². The third kappa shape index (κ3) is 3.11. The van der Waals surface area contributed by atoms with Crippen LogP contribution in [-0.2, 0) is 0 Å². The second kappa shape index (κ2) is 5.83. The van der Waals surface area contributed by atoms with Gasteiger partial charge in [0.1, 0.15) is 0 Å². The van der Waals surface area contributed by atoms with Gasteiger partial charge in [0, 0.05) is 5.38 Å². The second-order valence-electron chi connectivity index (χ2n) is 4.96. The van der Waals surface area contributed by atoms with E-state index >= 15 is 0 Å². The first-order valence-electron chi connectivity index (χ1n) is 6.66. The number of alkyl halides is 1. The maximum Gasteiger partial charge on any atom is 0.161 e. The molecule has 0 aromatic heterocycles. The Morgan fingerprint density at radius 2 is 1.83 bits per heavy atom. The summed E-state index contributed by atoms with van der Waals surface area (Å²) in [4.78, 5) is 0. The van der Waals surface area contributed by atoms with Crippen LogP contribution in [0.25, 0.3) is 0 Å². The van der Waals surface area contributed by atoms with Gasteiger partial charge in [0.2, 0.25) is 0 Å². The lowest BCUT2D eigenvalue weighted by Gasteiger charge is -2.18. The molecule has 1 unspecified atom stereocenters. The van der Waals surface area contributed by atoms with Crippen molar-refractivity contribution in [2.24, 2.45) is 5.41 Å². The molecule has 0 aliphatic heterocycles. The van der Waals surface area contributed by atoms with Gasteiger partial charge in [-0.05, 0) is 50.7 Å². The molecule has 3 heteroatoms. The summed E-state index contributed by atoms with van der Waals surface area (Å²) >= 11 is 6.21. The molecule has 0 heterocycles. The van der Waals surface area contributed by atoms with E-state index in [2.05, 4.69) is 6.92 Å². The van der Waals surface area contributed by atoms with Crippen molar-refractivity contribution in [2.75, 3.05) is 13.2 Å². The normalized spacial score (nSPS) is 18.2. The summed E-state index contributed by atoms with van der Waals surface area (Å²) in [7, 11) is 0. The van der Waals surface area contributed by atoms with E-state index in [1.165, 1.54) is 12.8 Å². The Hall–Kier alpha value is -0.890. The van der Waals surface area contributed by atoms with Crippen molar-refractivity contribution in [3.63, 3.8) is 0 Å². The number of benzene rings is 1. The Morgan fingerprint density at radius 3 is 2.33 bits per heavy atom. The van der Waals surface area contributed by atoms with Crippen LogP contribution < -0.4 is 9.47 Å². The van der Waals surface area contributed by atoms with Gasteiger partial charge in [-0.25, -0.2) is 0 Å². The summed E-state index contributed by atoms with van der Waals surface area (Å²) in [5.74, 6) is 1.65. The average molecular weight is 269 g/mol. The minimum absolute atomic E-state index is 0.239. The standard InChI is InChI=1S/C15H21ClO2/c1-3-17-13-6-4-5-7-14(13)18-11-10-15(8-9-15)12(2)16/h4-7,12H,3,8-11H2,1-2H3. The number of ether oxygens (including phenoxy) is 2. The minimum Gasteiger partial charge on any atom is -0.490 e. The van der Waals surface area contributed by atoms with Gasteiger partial charge >= 0.3 is 0 Å². The highest BCUT2D eigenvalue weighted by Gasteiger charge is 2.46. The van der Waals surface area contributed by atoms with Gasteiger partial charge in [0.25, 0.3) is 0 Å². The molecule has 1 aromatic rings. The van der Waals surface area contributed by atoms with E-state index in [0.717, 1.165) is 17.9 Å². The minimum atomic E-state index is 0.239. The van der Waals surface area contributed by atoms with Crippen molar-refractivity contribution < 1.29 is 9.47 Å². The van der Waals surface area contributed by atoms with Crippen molar-refractivity contribution in [2.45, 2.75) is 38.5 Å². The first-order valence-corrected chi connectivity index (χ1v) is 7.10. The molecule has 0 spiro atoms. The van der Waals surface area contributed by atoms with Crippen molar-refractivity contribution in [3.8, 4) is 11.5 Å². The molecule has 0 radical (unpaired) electrons. The van der Waals surface area contributed by atoms with Crippen molar-refractivity contribution >= 4 is 11.6 Å². The molecule has 1 saturated carbocycles. The van der Waals surface area contributed by atoms with Crippen LogP contribution in [-0.4, -0.2) is 18.6 Å². The topological polar surface area (TPSA) is 18.5 Å². The molecule has 18 heavy (non-hydrogen) atoms. The summed E-state index contributed by atoms with van der Waals surface area (Å²) in [6.45, 7) is 5.43. The van der Waals surface area contributed by atoms with Gasteiger partial charge in [0.15, 0.2) is 11.5 Å². The van der Waals surface area contributed by atoms with Crippen molar-refractivity contribution in [1.82, 2.24) is 0 Å². The van der Waals surface area contributed by atoms with Crippen LogP contribution >= 0.6 is 11.6 Å². The molecule has 0 amide bonds. The van der Waals surface area contributed by atoms with Crippen LogP contribution in [0, 0.1) is 5.41 Å². The zero-order valence-electron chi connectivity index (χ0n) is 11.1. The van der Waals surface area contributed by atoms with E-state index in [4.69, 9.17) is 21.1 Å². The number of hydrogen-bond acceptors (Lipinski definition) is 2. The molecule has 0 bridgehead atoms. The maximum absolute atomic E-state index is 6.21. The molecule has 1 aliphatic carbocycles. The van der Waals surface area contributed by atoms with E-state index in [1.807, 2.05) is 31.2 Å². The number of para-hydroxylation sites is 2. The molecule has 0 saturated heterocycles. The first kappa shape index (κ1) is 13.5. The van der Waals surface area contributed by atoms with Crippen LogP contribution in [0.1, 0.15) is 33.1 Å². The SMILES string of the molecule is CCOc1ccccc1OCCC1(C(C)Cl)CC1. The van der Waals surface area contributed by atoms with Crippen LogP contribution in [0.3, 0.4) is 0 Å². The van der Waals surface area contributed by atoms with Gasteiger partial charge < -0.3 is 9.47 Å². The van der Waals surface area contributed by atoms with Gasteiger partial charge in [-0.3, -0.25) is 0 Å². The lowest BCUT2D eigenvalue weighted by Crippen LogP contribution is -2.16. The van der Waals surface area contributed by atoms with Crippen LogP contribution in [0.4, 0.5) is 0 Å². The summed E-state index contributed by atoms with van der Waals surface area (Å²) in [5, 5.41) is 0.239. The molecule has 2 rings (SSSR count). The van der Waals surface area contributed by atoms with Crippen LogP contribution in [0.2, 0.25) is 0 Å². The largest absolute Gasteiger partial charge is 0.490 e. The molecule has 1 aromatic carbocycles. The molecule has 0 N–H and O–H groups in total. The van der Waals surface area contributed by atoms with E-state index in [9.17, 15) is 0 Å². The highest BCUT2D eigenvalue weighted by atomic mass is 35.5. The monoisotopic (exact) mass is 268 g/mol. The smallest absolute Gasteiger partial charge is 0.161 e. The average Bonchev–Trinajstić information content (AvgIpc) is 3.13. The quantitative estimate of drug-likeness (QED) is 0.688. The number of rotatable bonds is 7. The summed E-state index contributed by atoms with van der Waals surface area (Å²) < 4.78 is 11.4. The fourth-order valence-corrected chi connectivity index (χ4v) is 2.54. The van der Waals surface area contributed by atoms with Gasteiger partial charge in [-0.2, -0.15) is 0 Å². The fraction of sp³-hybridized carbons (Fsp3) is 0.600. The molecule has 1 fully saturated rings. The third-order valence-corrected chi connectivity index (χ3v) is 4.21. The van der Waals surface area contributed by atoms with Crippen molar-refractivity contribution in [3.05, 3.63) is 24.3 Å². The summed E-state index contributed by atoms with van der Waals surface area (Å²) in [6, 6.07) is 7.82. The Balaban J connectivity index is 1.87. The molecular weight excluding hydrogens is 248 g/mol. The zero-order valence-corrected chi connectivity index (χ0v) is 11.9. The lowest BCUT2D eigenvalue weighted by molar-refractivity contribution is 0.247. The fourth-order valence-electron chi connectivity index (χ4n) is 2.22. The Labute approximate surface area is 114 Å². The Kier molecular flexibility index (Phi) is 4.39. The van der Waals surface area contributed by atoms with Crippen LogP contribution in [0.5, 0.6) is 11.5 Å². The van der Waals surface area contributed by atoms with Crippen molar-refractivity contribution in [1.29, 1.82) is 0 Å². The summed E-state index contributed by atoms with van der Waals surface area (Å²) in [5.41, 5.74) is 0.322. The molecular formula is C15H21ClO2. The highest BCUT2D eigenvalue weighted by molar-refractivity contribution is 6.21. The van der Waals surface area contributed by atoms with Gasteiger partial charge in [-0.1, -0.05) is 12.1 Å². The third-order valence-electron chi connectivity index (χ3n) is 3.74. The van der Waals surface area contributed by atoms with E-state index in [0.29, 0.717) is 18.6 Å².